The lowest BCUT2D eigenvalue weighted by Crippen LogP contribution is -2.21. The molecular formula is C37H38N4O5. The molecule has 1 aromatic heterocycles. The number of hydrogen-bond donors (Lipinski definition) is 1. The molecule has 46 heavy (non-hydrogen) atoms. The standard InChI is InChI=1S/C37H38N4O5/c1-7-45-33-18-25(5)30(20-29(33)23(2)3)36-40-31-11-9-8-10-28(31)37(43)41(36)38-21-26-14-17-32(34(19-26)44-6)46-22-35(42)39-27-15-12-24(4)13-16-27/h8-21,23H,7,22H2,1-6H3,(H,39,42). The van der Waals surface area contributed by atoms with E-state index in [0.29, 0.717) is 46.1 Å². The lowest BCUT2D eigenvalue weighted by atomic mass is 9.96. The van der Waals surface area contributed by atoms with Crippen molar-refractivity contribution in [3.8, 4) is 28.6 Å². The van der Waals surface area contributed by atoms with Crippen molar-refractivity contribution < 1.29 is 19.0 Å². The van der Waals surface area contributed by atoms with E-state index in [0.717, 1.165) is 28.0 Å². The van der Waals surface area contributed by atoms with Crippen LogP contribution in [0.2, 0.25) is 0 Å². The molecule has 0 bridgehead atoms. The molecule has 0 radical (unpaired) electrons. The Morgan fingerprint density at radius 1 is 0.957 bits per heavy atom. The minimum absolute atomic E-state index is 0.187. The van der Waals surface area contributed by atoms with Crippen molar-refractivity contribution in [2.24, 2.45) is 5.10 Å². The minimum Gasteiger partial charge on any atom is -0.494 e. The maximum Gasteiger partial charge on any atom is 0.282 e. The van der Waals surface area contributed by atoms with Crippen LogP contribution in [-0.2, 0) is 4.79 Å². The Balaban J connectivity index is 1.47. The Hall–Kier alpha value is -5.44. The third-order valence-electron chi connectivity index (χ3n) is 7.48. The number of amides is 1. The van der Waals surface area contributed by atoms with E-state index >= 15 is 0 Å². The second-order valence-corrected chi connectivity index (χ2v) is 11.2. The van der Waals surface area contributed by atoms with Gasteiger partial charge in [0.25, 0.3) is 11.5 Å². The molecule has 9 nitrogen and oxygen atoms in total. The monoisotopic (exact) mass is 618 g/mol. The lowest BCUT2D eigenvalue weighted by molar-refractivity contribution is -0.118. The topological polar surface area (TPSA) is 104 Å². The highest BCUT2D eigenvalue weighted by atomic mass is 16.5. The summed E-state index contributed by atoms with van der Waals surface area (Å²) in [6.45, 7) is 10.5. The van der Waals surface area contributed by atoms with Gasteiger partial charge in [0.2, 0.25) is 0 Å². The largest absolute Gasteiger partial charge is 0.494 e. The van der Waals surface area contributed by atoms with E-state index in [9.17, 15) is 9.59 Å². The molecule has 0 saturated heterocycles. The third-order valence-corrected chi connectivity index (χ3v) is 7.48. The molecule has 5 rings (SSSR count). The zero-order chi connectivity index (χ0) is 32.8. The van der Waals surface area contributed by atoms with Gasteiger partial charge in [0, 0.05) is 11.3 Å². The van der Waals surface area contributed by atoms with Crippen molar-refractivity contribution in [1.29, 1.82) is 0 Å². The number of para-hydroxylation sites is 1. The van der Waals surface area contributed by atoms with Crippen LogP contribution in [0.25, 0.3) is 22.3 Å². The van der Waals surface area contributed by atoms with E-state index in [1.807, 2.05) is 75.4 Å². The molecule has 1 amide bonds. The van der Waals surface area contributed by atoms with Crippen molar-refractivity contribution in [3.63, 3.8) is 0 Å². The summed E-state index contributed by atoms with van der Waals surface area (Å²) in [6, 6.07) is 24.0. The second-order valence-electron chi connectivity index (χ2n) is 11.2. The normalized spacial score (nSPS) is 11.3. The number of hydrogen-bond acceptors (Lipinski definition) is 7. The fourth-order valence-electron chi connectivity index (χ4n) is 5.06. The van der Waals surface area contributed by atoms with Gasteiger partial charge in [-0.1, -0.05) is 43.7 Å². The molecule has 0 fully saturated rings. The molecule has 9 heteroatoms. The van der Waals surface area contributed by atoms with Crippen molar-refractivity contribution in [2.45, 2.75) is 40.5 Å². The van der Waals surface area contributed by atoms with Gasteiger partial charge < -0.3 is 19.5 Å². The molecule has 0 aliphatic carbocycles. The zero-order valence-electron chi connectivity index (χ0n) is 27.0. The molecule has 0 atom stereocenters. The summed E-state index contributed by atoms with van der Waals surface area (Å²) in [7, 11) is 1.52. The molecular weight excluding hydrogens is 580 g/mol. The van der Waals surface area contributed by atoms with Gasteiger partial charge in [-0.15, -0.1) is 0 Å². The molecule has 0 saturated carbocycles. The predicted molar refractivity (Wildman–Crippen MR) is 183 cm³/mol. The fourth-order valence-corrected chi connectivity index (χ4v) is 5.06. The SMILES string of the molecule is CCOc1cc(C)c(-c2nc3ccccc3c(=O)n2N=Cc2ccc(OCC(=O)Nc3ccc(C)cc3)c(OC)c2)cc1C(C)C. The van der Waals surface area contributed by atoms with Crippen LogP contribution in [-0.4, -0.2) is 42.1 Å². The summed E-state index contributed by atoms with van der Waals surface area (Å²) in [5.41, 5.74) is 5.47. The van der Waals surface area contributed by atoms with Crippen LogP contribution < -0.4 is 25.1 Å². The average Bonchev–Trinajstić information content (AvgIpc) is 3.04. The summed E-state index contributed by atoms with van der Waals surface area (Å²) in [5.74, 6) is 1.95. The van der Waals surface area contributed by atoms with E-state index in [-0.39, 0.29) is 24.0 Å². The Morgan fingerprint density at radius 2 is 1.72 bits per heavy atom. The van der Waals surface area contributed by atoms with Gasteiger partial charge in [-0.3, -0.25) is 9.59 Å². The van der Waals surface area contributed by atoms with Crippen LogP contribution in [0.15, 0.2) is 88.8 Å². The number of carbonyl (C=O) groups is 1. The second kappa shape index (κ2) is 14.1. The molecule has 4 aromatic carbocycles. The number of rotatable bonds is 11. The number of carbonyl (C=O) groups excluding carboxylic acids is 1. The Morgan fingerprint density at radius 3 is 2.43 bits per heavy atom. The van der Waals surface area contributed by atoms with E-state index < -0.39 is 0 Å². The van der Waals surface area contributed by atoms with Gasteiger partial charge in [0.1, 0.15) is 5.75 Å². The first-order valence-electron chi connectivity index (χ1n) is 15.2. The minimum atomic E-state index is -0.294. The molecule has 0 aliphatic rings. The number of nitrogens with zero attached hydrogens (tertiary/aromatic N) is 3. The molecule has 0 spiro atoms. The summed E-state index contributed by atoms with van der Waals surface area (Å²) >= 11 is 0. The average molecular weight is 619 g/mol. The van der Waals surface area contributed by atoms with Crippen LogP contribution in [0.4, 0.5) is 5.69 Å². The van der Waals surface area contributed by atoms with E-state index in [1.54, 1.807) is 30.5 Å². The zero-order valence-corrected chi connectivity index (χ0v) is 27.0. The van der Waals surface area contributed by atoms with Crippen LogP contribution in [0.1, 0.15) is 48.9 Å². The van der Waals surface area contributed by atoms with Crippen molar-refractivity contribution in [1.82, 2.24) is 9.66 Å². The van der Waals surface area contributed by atoms with E-state index in [1.165, 1.54) is 11.8 Å². The number of methoxy groups -OCH3 is 1. The maximum atomic E-state index is 13.8. The summed E-state index contributed by atoms with van der Waals surface area (Å²) in [5, 5.41) is 7.91. The highest BCUT2D eigenvalue weighted by Gasteiger charge is 2.19. The maximum absolute atomic E-state index is 13.8. The van der Waals surface area contributed by atoms with Gasteiger partial charge in [-0.2, -0.15) is 9.78 Å². The van der Waals surface area contributed by atoms with Crippen LogP contribution in [0.5, 0.6) is 17.2 Å². The lowest BCUT2D eigenvalue weighted by Gasteiger charge is -2.18. The van der Waals surface area contributed by atoms with Gasteiger partial charge >= 0.3 is 0 Å². The first-order valence-corrected chi connectivity index (χ1v) is 15.2. The molecule has 0 unspecified atom stereocenters. The number of nitrogens with one attached hydrogen (secondary N) is 1. The highest BCUT2D eigenvalue weighted by Crippen LogP contribution is 2.34. The summed E-state index contributed by atoms with van der Waals surface area (Å²) < 4.78 is 18.6. The fraction of sp³-hybridized carbons (Fsp3) is 0.243. The Bertz CT molecular complexity index is 1960. The summed E-state index contributed by atoms with van der Waals surface area (Å²) in [6.07, 6.45) is 1.57. The highest BCUT2D eigenvalue weighted by molar-refractivity contribution is 5.92. The quantitative estimate of drug-likeness (QED) is 0.158. The van der Waals surface area contributed by atoms with E-state index in [2.05, 4.69) is 24.3 Å². The van der Waals surface area contributed by atoms with Crippen molar-refractivity contribution in [2.75, 3.05) is 25.6 Å². The molecule has 5 aromatic rings. The van der Waals surface area contributed by atoms with Gasteiger partial charge in [-0.05, 0) is 98.0 Å². The predicted octanol–water partition coefficient (Wildman–Crippen LogP) is 7.11. The number of fused-ring (bicyclic) bond motifs is 1. The van der Waals surface area contributed by atoms with Crippen LogP contribution in [0.3, 0.4) is 0 Å². The van der Waals surface area contributed by atoms with Gasteiger partial charge in [-0.25, -0.2) is 4.98 Å². The Labute approximate surface area is 268 Å². The number of anilines is 1. The van der Waals surface area contributed by atoms with E-state index in [4.69, 9.17) is 19.2 Å². The first-order chi connectivity index (χ1) is 22.2. The number of aryl methyl sites for hydroxylation is 2. The molecule has 0 aliphatic heterocycles. The van der Waals surface area contributed by atoms with Gasteiger partial charge in [0.15, 0.2) is 23.9 Å². The number of ether oxygens (including phenoxy) is 3. The smallest absolute Gasteiger partial charge is 0.282 e. The van der Waals surface area contributed by atoms with Gasteiger partial charge in [0.05, 0.1) is 30.8 Å². The van der Waals surface area contributed by atoms with Crippen LogP contribution >= 0.6 is 0 Å². The number of benzene rings is 4. The van der Waals surface area contributed by atoms with Crippen molar-refractivity contribution >= 4 is 28.7 Å². The van der Waals surface area contributed by atoms with Crippen LogP contribution in [0, 0.1) is 13.8 Å². The molecule has 236 valence electrons. The molecule has 1 heterocycles. The summed E-state index contributed by atoms with van der Waals surface area (Å²) in [4.78, 5) is 31.2. The molecule has 1 N–H and O–H groups in total. The third kappa shape index (κ3) is 7.10. The first kappa shape index (κ1) is 32.0. The van der Waals surface area contributed by atoms with Crippen molar-refractivity contribution in [3.05, 3.63) is 111 Å². The Kier molecular flexibility index (Phi) is 9.81. The number of aromatic nitrogens is 2.